The highest BCUT2D eigenvalue weighted by Gasteiger charge is 2.31. The van der Waals surface area contributed by atoms with Gasteiger partial charge in [0.25, 0.3) is 0 Å². The summed E-state index contributed by atoms with van der Waals surface area (Å²) in [5.74, 6) is -0.0666. The monoisotopic (exact) mass is 428 g/mol. The predicted molar refractivity (Wildman–Crippen MR) is 96.4 cm³/mol. The fourth-order valence-corrected chi connectivity index (χ4v) is 2.71. The summed E-state index contributed by atoms with van der Waals surface area (Å²) in [6, 6.07) is 6.34. The van der Waals surface area contributed by atoms with Gasteiger partial charge in [-0.1, -0.05) is 6.92 Å². The summed E-state index contributed by atoms with van der Waals surface area (Å²) in [6.45, 7) is 0.317. The fourth-order valence-electron chi connectivity index (χ4n) is 2.71. The van der Waals surface area contributed by atoms with Crippen LogP contribution in [0.4, 0.5) is 43.5 Å². The van der Waals surface area contributed by atoms with Gasteiger partial charge in [0.05, 0.1) is 17.4 Å². The van der Waals surface area contributed by atoms with Crippen molar-refractivity contribution >= 4 is 22.8 Å². The lowest BCUT2D eigenvalue weighted by Crippen LogP contribution is -2.22. The standard InChI is InChI=1S/C18H14F6N6/c1-2-10-3-11(18(22,23)24)5-12(4-10)28-15-6-14(27-9-17(19,20)21)16-26-8-13(7-25)30(16)29-15/h3-6,8,27H,2,9H2,1H3,(H,28,29). The zero-order valence-electron chi connectivity index (χ0n) is 15.4. The van der Waals surface area contributed by atoms with Crippen LogP contribution in [0, 0.1) is 11.3 Å². The van der Waals surface area contributed by atoms with Crippen LogP contribution in [-0.2, 0) is 12.6 Å². The lowest BCUT2D eigenvalue weighted by molar-refractivity contribution is -0.137. The predicted octanol–water partition coefficient (Wildman–Crippen LogP) is 4.90. The van der Waals surface area contributed by atoms with Gasteiger partial charge in [-0.3, -0.25) is 0 Å². The number of nitriles is 1. The Bertz CT molecular complexity index is 1110. The van der Waals surface area contributed by atoms with Crippen molar-refractivity contribution in [3.05, 3.63) is 47.3 Å². The Labute approximate surface area is 166 Å². The normalized spacial score (nSPS) is 12.1. The maximum atomic E-state index is 13.2. The number of aryl methyl sites for hydroxylation is 1. The highest BCUT2D eigenvalue weighted by atomic mass is 19.4. The average Bonchev–Trinajstić information content (AvgIpc) is 3.07. The molecule has 30 heavy (non-hydrogen) atoms. The van der Waals surface area contributed by atoms with E-state index in [9.17, 15) is 26.3 Å². The Kier molecular flexibility index (Phi) is 5.47. The number of nitrogens with zero attached hydrogens (tertiary/aromatic N) is 4. The summed E-state index contributed by atoms with van der Waals surface area (Å²) in [5.41, 5.74) is -0.588. The Morgan fingerprint density at radius 2 is 1.83 bits per heavy atom. The SMILES string of the molecule is CCc1cc(Nc2cc(NCC(F)(F)F)c3ncc(C#N)n3n2)cc(C(F)(F)F)c1. The number of alkyl halides is 6. The average molecular weight is 428 g/mol. The van der Waals surface area contributed by atoms with E-state index in [4.69, 9.17) is 5.26 Å². The fraction of sp³-hybridized carbons (Fsp3) is 0.278. The van der Waals surface area contributed by atoms with Crippen molar-refractivity contribution in [1.29, 1.82) is 5.26 Å². The number of aromatic nitrogens is 3. The van der Waals surface area contributed by atoms with Crippen LogP contribution in [-0.4, -0.2) is 27.3 Å². The largest absolute Gasteiger partial charge is 0.416 e. The molecule has 0 aliphatic carbocycles. The molecule has 0 fully saturated rings. The minimum Gasteiger partial charge on any atom is -0.373 e. The molecule has 0 unspecified atom stereocenters. The number of hydrogen-bond donors (Lipinski definition) is 2. The third-order valence-electron chi connectivity index (χ3n) is 4.06. The molecule has 158 valence electrons. The van der Waals surface area contributed by atoms with Crippen LogP contribution in [0.25, 0.3) is 5.65 Å². The molecule has 0 aliphatic heterocycles. The number of nitrogens with one attached hydrogen (secondary N) is 2. The highest BCUT2D eigenvalue weighted by Crippen LogP contribution is 2.33. The lowest BCUT2D eigenvalue weighted by atomic mass is 10.1. The molecule has 0 saturated carbocycles. The number of rotatable bonds is 5. The highest BCUT2D eigenvalue weighted by molar-refractivity contribution is 5.73. The summed E-state index contributed by atoms with van der Waals surface area (Å²) >= 11 is 0. The van der Waals surface area contributed by atoms with Crippen LogP contribution in [0.1, 0.15) is 23.7 Å². The van der Waals surface area contributed by atoms with Crippen LogP contribution in [0.15, 0.2) is 30.5 Å². The molecule has 0 saturated heterocycles. The van der Waals surface area contributed by atoms with Crippen LogP contribution in [0.3, 0.4) is 0 Å². The van der Waals surface area contributed by atoms with E-state index in [1.54, 1.807) is 13.0 Å². The molecule has 2 N–H and O–H groups in total. The second-order valence-corrected chi connectivity index (χ2v) is 6.30. The van der Waals surface area contributed by atoms with Crippen molar-refractivity contribution in [3.63, 3.8) is 0 Å². The quantitative estimate of drug-likeness (QED) is 0.566. The first-order valence-electron chi connectivity index (χ1n) is 8.58. The van der Waals surface area contributed by atoms with Gasteiger partial charge in [0, 0.05) is 11.8 Å². The summed E-state index contributed by atoms with van der Waals surface area (Å²) < 4.78 is 78.3. The van der Waals surface area contributed by atoms with E-state index in [0.717, 1.165) is 22.8 Å². The van der Waals surface area contributed by atoms with Crippen molar-refractivity contribution < 1.29 is 26.3 Å². The third-order valence-corrected chi connectivity index (χ3v) is 4.06. The van der Waals surface area contributed by atoms with Gasteiger partial charge < -0.3 is 10.6 Å². The van der Waals surface area contributed by atoms with Gasteiger partial charge in [0.1, 0.15) is 12.6 Å². The topological polar surface area (TPSA) is 78.0 Å². The second-order valence-electron chi connectivity index (χ2n) is 6.30. The van der Waals surface area contributed by atoms with Crippen LogP contribution < -0.4 is 10.6 Å². The Balaban J connectivity index is 2.05. The lowest BCUT2D eigenvalue weighted by Gasteiger charge is -2.15. The molecule has 0 radical (unpaired) electrons. The first-order valence-corrected chi connectivity index (χ1v) is 8.58. The van der Waals surface area contributed by atoms with E-state index in [1.807, 2.05) is 0 Å². The molecule has 0 atom stereocenters. The Hall–Kier alpha value is -3.49. The maximum Gasteiger partial charge on any atom is 0.416 e. The van der Waals surface area contributed by atoms with Gasteiger partial charge in [-0.25, -0.2) is 4.98 Å². The Morgan fingerprint density at radius 1 is 1.10 bits per heavy atom. The molecule has 0 amide bonds. The summed E-state index contributed by atoms with van der Waals surface area (Å²) in [7, 11) is 0. The van der Waals surface area contributed by atoms with Gasteiger partial charge in [-0.2, -0.15) is 36.1 Å². The molecule has 0 aliphatic rings. The maximum absolute atomic E-state index is 13.2. The number of imidazole rings is 1. The van der Waals surface area contributed by atoms with E-state index >= 15 is 0 Å². The van der Waals surface area contributed by atoms with Gasteiger partial charge in [-0.05, 0) is 30.2 Å². The van der Waals surface area contributed by atoms with Crippen molar-refractivity contribution in [1.82, 2.24) is 14.6 Å². The Morgan fingerprint density at radius 3 is 2.43 bits per heavy atom. The van der Waals surface area contributed by atoms with Crippen LogP contribution in [0.2, 0.25) is 0 Å². The van der Waals surface area contributed by atoms with E-state index < -0.39 is 24.5 Å². The number of fused-ring (bicyclic) bond motifs is 1. The molecule has 12 heteroatoms. The van der Waals surface area contributed by atoms with Gasteiger partial charge in [0.15, 0.2) is 17.2 Å². The number of hydrogen-bond acceptors (Lipinski definition) is 5. The number of benzene rings is 1. The molecular weight excluding hydrogens is 414 g/mol. The molecular formula is C18H14F6N6. The molecule has 2 heterocycles. The molecule has 0 spiro atoms. The zero-order chi connectivity index (χ0) is 22.1. The first-order chi connectivity index (χ1) is 14.0. The smallest absolute Gasteiger partial charge is 0.373 e. The summed E-state index contributed by atoms with van der Waals surface area (Å²) in [5, 5.41) is 18.1. The summed E-state index contributed by atoms with van der Waals surface area (Å²) in [4.78, 5) is 3.88. The van der Waals surface area contributed by atoms with Crippen LogP contribution in [0.5, 0.6) is 0 Å². The minimum atomic E-state index is -4.57. The first kappa shape index (κ1) is 21.2. The van der Waals surface area contributed by atoms with Crippen molar-refractivity contribution in [2.75, 3.05) is 17.2 Å². The molecule has 6 nitrogen and oxygen atoms in total. The van der Waals surface area contributed by atoms with Crippen LogP contribution >= 0.6 is 0 Å². The molecule has 3 aromatic rings. The van der Waals surface area contributed by atoms with Gasteiger partial charge >= 0.3 is 12.4 Å². The van der Waals surface area contributed by atoms with E-state index in [2.05, 4.69) is 20.7 Å². The zero-order valence-corrected chi connectivity index (χ0v) is 15.4. The summed E-state index contributed by atoms with van der Waals surface area (Å²) in [6.07, 6.45) is -7.62. The van der Waals surface area contributed by atoms with Crippen molar-refractivity contribution in [2.45, 2.75) is 25.7 Å². The minimum absolute atomic E-state index is 0.0281. The number of halogens is 6. The van der Waals surface area contributed by atoms with Crippen molar-refractivity contribution in [2.24, 2.45) is 0 Å². The van der Waals surface area contributed by atoms with Crippen molar-refractivity contribution in [3.8, 4) is 6.07 Å². The third kappa shape index (κ3) is 4.73. The second kappa shape index (κ2) is 7.74. The molecule has 2 aromatic heterocycles. The van der Waals surface area contributed by atoms with Gasteiger partial charge in [0.2, 0.25) is 0 Å². The van der Waals surface area contributed by atoms with E-state index in [-0.39, 0.29) is 28.5 Å². The molecule has 3 rings (SSSR count). The van der Waals surface area contributed by atoms with E-state index in [0.29, 0.717) is 12.0 Å². The molecule has 1 aromatic carbocycles. The van der Waals surface area contributed by atoms with Gasteiger partial charge in [-0.15, -0.1) is 5.10 Å². The van der Waals surface area contributed by atoms with E-state index in [1.165, 1.54) is 12.1 Å². The molecule has 0 bridgehead atoms. The number of anilines is 3.